The van der Waals surface area contributed by atoms with E-state index in [4.69, 9.17) is 24.9 Å². The van der Waals surface area contributed by atoms with Gasteiger partial charge in [0.05, 0.1) is 17.3 Å². The van der Waals surface area contributed by atoms with Gasteiger partial charge in [0.25, 0.3) is 0 Å². The molecule has 266 valence electrons. The molecule has 10 rings (SSSR count). The van der Waals surface area contributed by atoms with Gasteiger partial charge in [-0.2, -0.15) is 5.26 Å². The van der Waals surface area contributed by atoms with Crippen LogP contribution < -0.4 is 0 Å². The number of fused-ring (bicyclic) bond motifs is 6. The number of rotatable bonds is 5. The van der Waals surface area contributed by atoms with Crippen molar-refractivity contribution in [3.63, 3.8) is 0 Å². The average Bonchev–Trinajstić information content (AvgIpc) is 3.62. The van der Waals surface area contributed by atoms with Crippen LogP contribution in [0, 0.1) is 11.3 Å². The highest BCUT2D eigenvalue weighted by Gasteiger charge is 2.38. The summed E-state index contributed by atoms with van der Waals surface area (Å²) < 4.78 is 0. The van der Waals surface area contributed by atoms with E-state index in [1.54, 1.807) is 0 Å². The molecule has 0 atom stereocenters. The highest BCUT2D eigenvalue weighted by Crippen LogP contribution is 2.51. The van der Waals surface area contributed by atoms with E-state index >= 15 is 0 Å². The highest BCUT2D eigenvalue weighted by atomic mass is 15.0. The number of hydrogen-bond acceptors (Lipinski definition) is 6. The second kappa shape index (κ2) is 12.5. The second-order valence-electron chi connectivity index (χ2n) is 15.7. The van der Waals surface area contributed by atoms with Crippen LogP contribution >= 0.6 is 0 Å². The van der Waals surface area contributed by atoms with Crippen LogP contribution in [0.25, 0.3) is 78.9 Å². The first-order chi connectivity index (χ1) is 27.2. The lowest BCUT2D eigenvalue weighted by Crippen LogP contribution is -2.17. The molecule has 0 unspecified atom stereocenters. The molecule has 0 spiro atoms. The van der Waals surface area contributed by atoms with Gasteiger partial charge in [0, 0.05) is 44.8 Å². The molecule has 2 aliphatic rings. The fraction of sp³-hybridized carbons (Fsp3) is 0.120. The van der Waals surface area contributed by atoms with Gasteiger partial charge < -0.3 is 0 Å². The molecule has 8 aromatic rings. The lowest BCUT2D eigenvalue weighted by atomic mass is 9.81. The van der Waals surface area contributed by atoms with Crippen molar-refractivity contribution in [2.45, 2.75) is 38.5 Å². The molecular weight excluding hydrogens is 685 g/mol. The maximum Gasteiger partial charge on any atom is 0.164 e. The standard InChI is InChI=1S/C50H36N6/c1-49(2)42-23-30(28-51)19-21-38(42)39-22-20-33(27-43(39)49)34-24-35(45-52-29-40-37-17-11-12-18-41(37)50(3,4)44(40)53-45)26-36(25-34)48-55-46(31-13-7-5-8-14-31)54-47(56-48)32-15-9-6-10-16-32/h5-27,29H,1-4H3. The minimum absolute atomic E-state index is 0.278. The Balaban J connectivity index is 1.18. The van der Waals surface area contributed by atoms with Gasteiger partial charge in [0.15, 0.2) is 23.3 Å². The molecule has 0 radical (unpaired) electrons. The van der Waals surface area contributed by atoms with Crippen LogP contribution in [0.2, 0.25) is 0 Å². The molecule has 6 nitrogen and oxygen atoms in total. The third-order valence-electron chi connectivity index (χ3n) is 11.6. The Kier molecular flexibility index (Phi) is 7.46. The van der Waals surface area contributed by atoms with Crippen molar-refractivity contribution >= 4 is 0 Å². The van der Waals surface area contributed by atoms with Gasteiger partial charge in [-0.1, -0.05) is 131 Å². The monoisotopic (exact) mass is 720 g/mol. The molecule has 2 aliphatic carbocycles. The van der Waals surface area contributed by atoms with E-state index in [1.807, 2.05) is 79.0 Å². The van der Waals surface area contributed by atoms with Crippen LogP contribution in [0.1, 0.15) is 55.6 Å². The van der Waals surface area contributed by atoms with Crippen LogP contribution in [-0.2, 0) is 10.8 Å². The molecule has 0 amide bonds. The lowest BCUT2D eigenvalue weighted by molar-refractivity contribution is 0.636. The Morgan fingerprint density at radius 2 is 0.946 bits per heavy atom. The number of benzene rings is 6. The quantitative estimate of drug-likeness (QED) is 0.176. The lowest BCUT2D eigenvalue weighted by Gasteiger charge is -2.22. The molecule has 0 saturated carbocycles. The Bertz CT molecular complexity index is 2870. The Morgan fingerprint density at radius 3 is 1.61 bits per heavy atom. The molecule has 0 saturated heterocycles. The van der Waals surface area contributed by atoms with Gasteiger partial charge in [0.1, 0.15) is 0 Å². The summed E-state index contributed by atoms with van der Waals surface area (Å²) in [5, 5.41) is 9.70. The molecule has 0 fully saturated rings. The van der Waals surface area contributed by atoms with Crippen molar-refractivity contribution in [1.82, 2.24) is 24.9 Å². The van der Waals surface area contributed by atoms with E-state index in [9.17, 15) is 5.26 Å². The van der Waals surface area contributed by atoms with Crippen molar-refractivity contribution in [2.75, 3.05) is 0 Å². The zero-order chi connectivity index (χ0) is 38.2. The molecule has 0 aliphatic heterocycles. The highest BCUT2D eigenvalue weighted by molar-refractivity contribution is 5.86. The molecule has 0 N–H and O–H groups in total. The third-order valence-corrected chi connectivity index (χ3v) is 11.6. The summed E-state index contributed by atoms with van der Waals surface area (Å²) in [4.78, 5) is 25.5. The minimum Gasteiger partial charge on any atom is -0.236 e. The maximum atomic E-state index is 9.70. The van der Waals surface area contributed by atoms with Gasteiger partial charge in [-0.05, 0) is 80.9 Å². The summed E-state index contributed by atoms with van der Waals surface area (Å²) in [6, 6.07) is 50.1. The second-order valence-corrected chi connectivity index (χ2v) is 15.7. The van der Waals surface area contributed by atoms with Crippen LogP contribution in [0.5, 0.6) is 0 Å². The molecule has 0 bridgehead atoms. The average molecular weight is 721 g/mol. The van der Waals surface area contributed by atoms with Crippen LogP contribution in [0.3, 0.4) is 0 Å². The summed E-state index contributed by atoms with van der Waals surface area (Å²) >= 11 is 0. The summed E-state index contributed by atoms with van der Waals surface area (Å²) in [7, 11) is 0. The van der Waals surface area contributed by atoms with Crippen molar-refractivity contribution in [1.29, 1.82) is 5.26 Å². The Labute approximate surface area is 326 Å². The predicted octanol–water partition coefficient (Wildman–Crippen LogP) is 11.5. The van der Waals surface area contributed by atoms with Crippen molar-refractivity contribution in [2.24, 2.45) is 0 Å². The number of nitrogens with zero attached hydrogens (tertiary/aromatic N) is 6. The van der Waals surface area contributed by atoms with Crippen LogP contribution in [0.4, 0.5) is 0 Å². The first-order valence-corrected chi connectivity index (χ1v) is 18.9. The zero-order valence-corrected chi connectivity index (χ0v) is 31.5. The smallest absolute Gasteiger partial charge is 0.164 e. The number of nitriles is 1. The maximum absolute atomic E-state index is 9.70. The SMILES string of the molecule is CC1(C)c2cc(C#N)ccc2-c2ccc(-c3cc(-c4nc(-c5ccccc5)nc(-c5ccccc5)n4)cc(-c4ncc5c(n4)C(C)(C)c4ccccc4-5)c3)cc21. The Morgan fingerprint density at radius 1 is 0.411 bits per heavy atom. The van der Waals surface area contributed by atoms with Gasteiger partial charge in [-0.25, -0.2) is 24.9 Å². The zero-order valence-electron chi connectivity index (χ0n) is 31.5. The fourth-order valence-corrected chi connectivity index (χ4v) is 8.56. The third kappa shape index (κ3) is 5.27. The number of aromatic nitrogens is 5. The summed E-state index contributed by atoms with van der Waals surface area (Å²) in [5.41, 5.74) is 15.0. The van der Waals surface area contributed by atoms with Gasteiger partial charge >= 0.3 is 0 Å². The molecule has 6 heteroatoms. The number of hydrogen-bond donors (Lipinski definition) is 0. The first kappa shape index (κ1) is 33.5. The molecule has 6 aromatic carbocycles. The van der Waals surface area contributed by atoms with Crippen molar-refractivity contribution in [3.05, 3.63) is 174 Å². The molecule has 2 aromatic heterocycles. The Hall–Kier alpha value is -7.10. The summed E-state index contributed by atoms with van der Waals surface area (Å²) in [6.07, 6.45) is 1.98. The summed E-state index contributed by atoms with van der Waals surface area (Å²) in [5.74, 6) is 2.41. The van der Waals surface area contributed by atoms with Gasteiger partial charge in [-0.15, -0.1) is 0 Å². The van der Waals surface area contributed by atoms with E-state index in [0.29, 0.717) is 28.9 Å². The van der Waals surface area contributed by atoms with E-state index in [-0.39, 0.29) is 10.8 Å². The first-order valence-electron chi connectivity index (χ1n) is 18.9. The largest absolute Gasteiger partial charge is 0.236 e. The van der Waals surface area contributed by atoms with Gasteiger partial charge in [-0.3, -0.25) is 0 Å². The van der Waals surface area contributed by atoms with Crippen molar-refractivity contribution < 1.29 is 0 Å². The summed E-state index contributed by atoms with van der Waals surface area (Å²) in [6.45, 7) is 8.95. The van der Waals surface area contributed by atoms with E-state index in [0.717, 1.165) is 44.6 Å². The normalized spacial score (nSPS) is 14.0. The fourth-order valence-electron chi connectivity index (χ4n) is 8.56. The van der Waals surface area contributed by atoms with E-state index < -0.39 is 0 Å². The van der Waals surface area contributed by atoms with E-state index in [1.165, 1.54) is 33.4 Å². The molecule has 56 heavy (non-hydrogen) atoms. The minimum atomic E-state index is -0.291. The van der Waals surface area contributed by atoms with Gasteiger partial charge in [0.2, 0.25) is 0 Å². The van der Waals surface area contributed by atoms with Crippen molar-refractivity contribution in [3.8, 4) is 85.0 Å². The van der Waals surface area contributed by atoms with E-state index in [2.05, 4.69) is 100 Å². The predicted molar refractivity (Wildman–Crippen MR) is 222 cm³/mol. The molecular formula is C50H36N6. The van der Waals surface area contributed by atoms with Crippen LogP contribution in [0.15, 0.2) is 146 Å². The molecule has 2 heterocycles. The topological polar surface area (TPSA) is 88.2 Å². The van der Waals surface area contributed by atoms with Crippen LogP contribution in [-0.4, -0.2) is 24.9 Å².